The van der Waals surface area contributed by atoms with Gasteiger partial charge < -0.3 is 14.6 Å². The van der Waals surface area contributed by atoms with Crippen molar-refractivity contribution in [1.29, 1.82) is 0 Å². The van der Waals surface area contributed by atoms with Crippen LogP contribution >= 0.6 is 0 Å². The first kappa shape index (κ1) is 24.2. The number of aromatic amines is 1. The fraction of sp³-hybridized carbons (Fsp3) is 0.200. The van der Waals surface area contributed by atoms with Crippen molar-refractivity contribution in [1.82, 2.24) is 9.71 Å². The lowest BCUT2D eigenvalue weighted by atomic mass is 9.91. The van der Waals surface area contributed by atoms with Crippen molar-refractivity contribution in [2.75, 3.05) is 32.6 Å². The maximum atomic E-state index is 13.2. The first-order valence-corrected chi connectivity index (χ1v) is 12.3. The van der Waals surface area contributed by atoms with E-state index in [2.05, 4.69) is 9.71 Å². The van der Waals surface area contributed by atoms with E-state index in [1.807, 2.05) is 73.7 Å². The number of anilines is 1. The number of aromatic nitrogens is 1. The number of nitro groups is 1. The Labute approximate surface area is 203 Å². The lowest BCUT2D eigenvalue weighted by molar-refractivity contribution is -0.387. The molecule has 182 valence electrons. The molecule has 0 aliphatic carbocycles. The molecule has 0 bridgehead atoms. The van der Waals surface area contributed by atoms with Gasteiger partial charge in [-0.05, 0) is 41.5 Å². The summed E-state index contributed by atoms with van der Waals surface area (Å²) in [5, 5.41) is 12.5. The first-order chi connectivity index (χ1) is 16.7. The minimum absolute atomic E-state index is 0.00861. The van der Waals surface area contributed by atoms with Gasteiger partial charge in [-0.15, -0.1) is 0 Å². The van der Waals surface area contributed by atoms with Crippen LogP contribution in [0.15, 0.2) is 77.8 Å². The summed E-state index contributed by atoms with van der Waals surface area (Å²) in [7, 11) is 1.06. The molecule has 1 aromatic heterocycles. The Morgan fingerprint density at radius 2 is 1.80 bits per heavy atom. The third-order valence-corrected chi connectivity index (χ3v) is 7.41. The van der Waals surface area contributed by atoms with E-state index in [1.165, 1.54) is 19.2 Å². The molecule has 1 atom stereocenters. The SMILES string of the molecule is COc1ccc(S(=O)(=O)NCC(c2ccc(N(C)C)cc2)c2c[nH]c3ccccc23)c([N+](=O)[O-])c1. The summed E-state index contributed by atoms with van der Waals surface area (Å²) >= 11 is 0. The third kappa shape index (κ3) is 4.98. The Bertz CT molecular complexity index is 1460. The topological polar surface area (TPSA) is 118 Å². The summed E-state index contributed by atoms with van der Waals surface area (Å²) < 4.78 is 34.0. The van der Waals surface area contributed by atoms with Crippen LogP contribution < -0.4 is 14.4 Å². The third-order valence-electron chi connectivity index (χ3n) is 5.94. The summed E-state index contributed by atoms with van der Waals surface area (Å²) in [5.41, 5.74) is 3.24. The van der Waals surface area contributed by atoms with Gasteiger partial charge in [-0.2, -0.15) is 0 Å². The number of benzene rings is 3. The number of nitrogens with one attached hydrogen (secondary N) is 2. The largest absolute Gasteiger partial charge is 0.497 e. The van der Waals surface area contributed by atoms with Gasteiger partial charge in [0.25, 0.3) is 5.69 Å². The zero-order valence-electron chi connectivity index (χ0n) is 19.6. The molecule has 0 saturated carbocycles. The van der Waals surface area contributed by atoms with Crippen molar-refractivity contribution < 1.29 is 18.1 Å². The highest BCUT2D eigenvalue weighted by Crippen LogP contribution is 2.33. The number of para-hydroxylation sites is 1. The molecule has 9 nitrogen and oxygen atoms in total. The number of nitro benzene ring substituents is 1. The lowest BCUT2D eigenvalue weighted by Crippen LogP contribution is -2.29. The zero-order chi connectivity index (χ0) is 25.2. The van der Waals surface area contributed by atoms with E-state index in [9.17, 15) is 18.5 Å². The van der Waals surface area contributed by atoms with Crippen LogP contribution in [0.3, 0.4) is 0 Å². The maximum Gasteiger partial charge on any atom is 0.293 e. The number of methoxy groups -OCH3 is 1. The number of nitrogens with zero attached hydrogens (tertiary/aromatic N) is 2. The van der Waals surface area contributed by atoms with Gasteiger partial charge in [0.2, 0.25) is 10.0 Å². The summed E-state index contributed by atoms with van der Waals surface area (Å²) in [6.45, 7) is 0.00861. The molecule has 35 heavy (non-hydrogen) atoms. The van der Waals surface area contributed by atoms with Crippen LogP contribution in [-0.2, 0) is 10.0 Å². The number of fused-ring (bicyclic) bond motifs is 1. The molecule has 0 aliphatic rings. The number of hydrogen-bond donors (Lipinski definition) is 2. The van der Waals surface area contributed by atoms with Crippen LogP contribution in [0.2, 0.25) is 0 Å². The van der Waals surface area contributed by atoms with Crippen molar-refractivity contribution in [2.24, 2.45) is 0 Å². The Kier molecular flexibility index (Phi) is 6.77. The molecule has 0 amide bonds. The van der Waals surface area contributed by atoms with Crippen LogP contribution in [0, 0.1) is 10.1 Å². The zero-order valence-corrected chi connectivity index (χ0v) is 20.4. The predicted molar refractivity (Wildman–Crippen MR) is 136 cm³/mol. The number of sulfonamides is 1. The lowest BCUT2D eigenvalue weighted by Gasteiger charge is -2.20. The van der Waals surface area contributed by atoms with E-state index < -0.39 is 25.5 Å². The normalized spacial score (nSPS) is 12.4. The molecule has 10 heteroatoms. The van der Waals surface area contributed by atoms with E-state index >= 15 is 0 Å². The van der Waals surface area contributed by atoms with Gasteiger partial charge in [0.1, 0.15) is 5.75 Å². The second-order valence-electron chi connectivity index (χ2n) is 8.27. The van der Waals surface area contributed by atoms with Gasteiger partial charge in [-0.3, -0.25) is 10.1 Å². The Morgan fingerprint density at radius 1 is 1.09 bits per heavy atom. The molecular formula is C25H26N4O5S. The average molecular weight is 495 g/mol. The Hall–Kier alpha value is -3.89. The molecule has 1 unspecified atom stereocenters. The second-order valence-corrected chi connectivity index (χ2v) is 10.0. The van der Waals surface area contributed by atoms with E-state index in [4.69, 9.17) is 4.74 Å². The fourth-order valence-corrected chi connectivity index (χ4v) is 5.26. The van der Waals surface area contributed by atoms with Crippen molar-refractivity contribution in [3.05, 3.63) is 94.2 Å². The van der Waals surface area contributed by atoms with E-state index in [0.717, 1.165) is 33.8 Å². The van der Waals surface area contributed by atoms with Gasteiger partial charge in [0.15, 0.2) is 4.90 Å². The average Bonchev–Trinajstić information content (AvgIpc) is 3.28. The number of ether oxygens (including phenoxy) is 1. The molecular weight excluding hydrogens is 468 g/mol. The highest BCUT2D eigenvalue weighted by atomic mass is 32.2. The molecule has 4 aromatic rings. The van der Waals surface area contributed by atoms with E-state index in [0.29, 0.717) is 0 Å². The molecule has 0 radical (unpaired) electrons. The predicted octanol–water partition coefficient (Wildman–Crippen LogP) is 4.26. The monoisotopic (exact) mass is 494 g/mol. The molecule has 2 N–H and O–H groups in total. The molecule has 3 aromatic carbocycles. The van der Waals surface area contributed by atoms with Gasteiger partial charge in [0.05, 0.1) is 18.1 Å². The minimum Gasteiger partial charge on any atom is -0.497 e. The van der Waals surface area contributed by atoms with E-state index in [1.54, 1.807) is 0 Å². The van der Waals surface area contributed by atoms with Crippen LogP contribution in [0.1, 0.15) is 17.0 Å². The Balaban J connectivity index is 1.72. The van der Waals surface area contributed by atoms with Gasteiger partial charge in [-0.1, -0.05) is 30.3 Å². The number of hydrogen-bond acceptors (Lipinski definition) is 6. The van der Waals surface area contributed by atoms with Crippen LogP contribution in [0.4, 0.5) is 11.4 Å². The molecule has 4 rings (SSSR count). The quantitative estimate of drug-likeness (QED) is 0.265. The smallest absolute Gasteiger partial charge is 0.293 e. The maximum absolute atomic E-state index is 13.2. The highest BCUT2D eigenvalue weighted by Gasteiger charge is 2.28. The van der Waals surface area contributed by atoms with Gasteiger partial charge in [0, 0.05) is 49.3 Å². The second kappa shape index (κ2) is 9.77. The molecule has 0 saturated heterocycles. The van der Waals surface area contributed by atoms with Gasteiger partial charge in [-0.25, -0.2) is 13.1 Å². The first-order valence-electron chi connectivity index (χ1n) is 10.9. The minimum atomic E-state index is -4.20. The standard InChI is InChI=1S/C25H26N4O5S/c1-28(2)18-10-8-17(9-11-18)21(22-15-26-23-7-5-4-6-20(22)23)16-27-35(32,33)25-13-12-19(34-3)14-24(25)29(30)31/h4-15,21,26-27H,16H2,1-3H3. The van der Waals surface area contributed by atoms with Crippen LogP contribution in [-0.4, -0.2) is 46.1 Å². The van der Waals surface area contributed by atoms with Crippen molar-refractivity contribution in [3.63, 3.8) is 0 Å². The van der Waals surface area contributed by atoms with Crippen LogP contribution in [0.25, 0.3) is 10.9 Å². The number of rotatable bonds is 9. The highest BCUT2D eigenvalue weighted by molar-refractivity contribution is 7.89. The molecule has 0 fully saturated rings. The van der Waals surface area contributed by atoms with Crippen molar-refractivity contribution in [3.8, 4) is 5.75 Å². The molecule has 0 spiro atoms. The number of H-pyrrole nitrogens is 1. The Morgan fingerprint density at radius 3 is 2.46 bits per heavy atom. The molecule has 1 heterocycles. The summed E-state index contributed by atoms with van der Waals surface area (Å²) in [6, 6.07) is 19.3. The fourth-order valence-electron chi connectivity index (χ4n) is 4.06. The van der Waals surface area contributed by atoms with E-state index in [-0.39, 0.29) is 18.2 Å². The molecule has 0 aliphatic heterocycles. The van der Waals surface area contributed by atoms with Crippen molar-refractivity contribution in [2.45, 2.75) is 10.8 Å². The van der Waals surface area contributed by atoms with Crippen molar-refractivity contribution >= 4 is 32.3 Å². The summed E-state index contributed by atoms with van der Waals surface area (Å²) in [6.07, 6.45) is 1.87. The van der Waals surface area contributed by atoms with Gasteiger partial charge >= 0.3 is 0 Å². The summed E-state index contributed by atoms with van der Waals surface area (Å²) in [4.78, 5) is 15.7. The summed E-state index contributed by atoms with van der Waals surface area (Å²) in [5.74, 6) is -0.136. The van der Waals surface area contributed by atoms with Crippen LogP contribution in [0.5, 0.6) is 5.75 Å².